The lowest BCUT2D eigenvalue weighted by Crippen LogP contribution is -2.34. The third-order valence-electron chi connectivity index (χ3n) is 1.49. The number of nitrogens with two attached hydrogens (primary N) is 1. The molecule has 0 aliphatic heterocycles. The average Bonchev–Trinajstić information content (AvgIpc) is 1.86. The monoisotopic (exact) mass is 157 g/mol. The van der Waals surface area contributed by atoms with E-state index in [0.717, 1.165) is 6.08 Å². The van der Waals surface area contributed by atoms with Crippen LogP contribution in [0.15, 0.2) is 23.9 Å². The molecular weight excluding hydrogens is 149 g/mol. The van der Waals surface area contributed by atoms with E-state index in [1.165, 1.54) is 12.2 Å². The highest BCUT2D eigenvalue weighted by Gasteiger charge is 2.37. The van der Waals surface area contributed by atoms with Crippen molar-refractivity contribution in [2.45, 2.75) is 12.1 Å². The smallest absolute Gasteiger partial charge is 0.345 e. The predicted molar refractivity (Wildman–Crippen MR) is 37.5 cm³/mol. The van der Waals surface area contributed by atoms with Crippen LogP contribution in [0.1, 0.15) is 6.42 Å². The molecule has 0 heterocycles. The van der Waals surface area contributed by atoms with Crippen molar-refractivity contribution in [2.24, 2.45) is 5.73 Å². The van der Waals surface area contributed by atoms with Crippen molar-refractivity contribution < 1.29 is 14.3 Å². The van der Waals surface area contributed by atoms with Crippen LogP contribution in [0.25, 0.3) is 0 Å². The summed E-state index contributed by atoms with van der Waals surface area (Å²) < 4.78 is 13.1. The van der Waals surface area contributed by atoms with E-state index in [1.54, 1.807) is 0 Å². The standard InChI is InChI=1S/C7H8FNO2/c8-7(6(10)11)3-1-2-5(9)4-7/h1-3H,4,9H2,(H,10,11). The second-order valence-corrected chi connectivity index (χ2v) is 2.45. The maximum Gasteiger partial charge on any atom is 0.345 e. The van der Waals surface area contributed by atoms with Gasteiger partial charge in [0, 0.05) is 12.1 Å². The fraction of sp³-hybridized carbons (Fsp3) is 0.286. The Morgan fingerprint density at radius 2 is 2.45 bits per heavy atom. The fourth-order valence-electron chi connectivity index (χ4n) is 0.886. The number of hydrogen-bond donors (Lipinski definition) is 2. The van der Waals surface area contributed by atoms with Crippen LogP contribution >= 0.6 is 0 Å². The van der Waals surface area contributed by atoms with Gasteiger partial charge in [-0.05, 0) is 12.2 Å². The summed E-state index contributed by atoms with van der Waals surface area (Å²) in [6.45, 7) is 0. The molecule has 60 valence electrons. The molecule has 1 rings (SSSR count). The van der Waals surface area contributed by atoms with Crippen LogP contribution in [0.5, 0.6) is 0 Å². The van der Waals surface area contributed by atoms with Crippen molar-refractivity contribution in [3.63, 3.8) is 0 Å². The number of carbonyl (C=O) groups is 1. The zero-order valence-corrected chi connectivity index (χ0v) is 5.75. The van der Waals surface area contributed by atoms with E-state index in [4.69, 9.17) is 10.8 Å². The Labute approximate surface area is 63.0 Å². The summed E-state index contributed by atoms with van der Waals surface area (Å²) in [7, 11) is 0. The highest BCUT2D eigenvalue weighted by atomic mass is 19.1. The van der Waals surface area contributed by atoms with Crippen molar-refractivity contribution in [2.75, 3.05) is 0 Å². The summed E-state index contributed by atoms with van der Waals surface area (Å²) in [5.74, 6) is -1.50. The molecule has 0 aromatic carbocycles. The number of halogens is 1. The second-order valence-electron chi connectivity index (χ2n) is 2.45. The van der Waals surface area contributed by atoms with E-state index >= 15 is 0 Å². The van der Waals surface area contributed by atoms with Crippen molar-refractivity contribution >= 4 is 5.97 Å². The predicted octanol–water partition coefficient (Wildman–Crippen LogP) is 0.582. The van der Waals surface area contributed by atoms with E-state index in [0.29, 0.717) is 0 Å². The first kappa shape index (κ1) is 7.78. The van der Waals surface area contributed by atoms with Gasteiger partial charge in [-0.3, -0.25) is 0 Å². The van der Waals surface area contributed by atoms with Crippen LogP contribution in [-0.2, 0) is 4.79 Å². The summed E-state index contributed by atoms with van der Waals surface area (Å²) in [6.07, 6.45) is 3.53. The minimum absolute atomic E-state index is 0.248. The summed E-state index contributed by atoms with van der Waals surface area (Å²) in [5.41, 5.74) is 3.20. The molecule has 0 aromatic heterocycles. The molecule has 1 atom stereocenters. The fourth-order valence-corrected chi connectivity index (χ4v) is 0.886. The SMILES string of the molecule is NC1=CC=CC(F)(C(=O)O)C1. The number of aliphatic carboxylic acids is 1. The Hall–Kier alpha value is -1.32. The molecule has 0 spiro atoms. The maximum absolute atomic E-state index is 13.1. The van der Waals surface area contributed by atoms with Gasteiger partial charge in [0.05, 0.1) is 0 Å². The van der Waals surface area contributed by atoms with E-state index in [2.05, 4.69) is 0 Å². The lowest BCUT2D eigenvalue weighted by atomic mass is 9.95. The third-order valence-corrected chi connectivity index (χ3v) is 1.49. The molecule has 3 N–H and O–H groups in total. The maximum atomic E-state index is 13.1. The summed E-state index contributed by atoms with van der Waals surface area (Å²) in [6, 6.07) is 0. The first-order valence-corrected chi connectivity index (χ1v) is 3.11. The van der Waals surface area contributed by atoms with Crippen LogP contribution in [0.4, 0.5) is 4.39 Å². The molecule has 0 fully saturated rings. The van der Waals surface area contributed by atoms with Crippen molar-refractivity contribution in [3.8, 4) is 0 Å². The number of rotatable bonds is 1. The molecule has 1 aliphatic rings. The molecule has 0 amide bonds. The molecular formula is C7H8FNO2. The van der Waals surface area contributed by atoms with Gasteiger partial charge in [0.25, 0.3) is 0 Å². The van der Waals surface area contributed by atoms with Gasteiger partial charge in [0.15, 0.2) is 0 Å². The van der Waals surface area contributed by atoms with Gasteiger partial charge in [0.2, 0.25) is 5.67 Å². The number of alkyl halides is 1. The Morgan fingerprint density at radius 3 is 2.82 bits per heavy atom. The Balaban J connectivity index is 2.86. The molecule has 11 heavy (non-hydrogen) atoms. The molecule has 4 heteroatoms. The molecule has 0 bridgehead atoms. The minimum atomic E-state index is -2.31. The quantitative estimate of drug-likeness (QED) is 0.585. The van der Waals surface area contributed by atoms with Gasteiger partial charge >= 0.3 is 5.97 Å². The molecule has 0 aromatic rings. The van der Waals surface area contributed by atoms with Gasteiger partial charge in [-0.15, -0.1) is 0 Å². The second kappa shape index (κ2) is 2.38. The minimum Gasteiger partial charge on any atom is -0.479 e. The summed E-state index contributed by atoms with van der Waals surface area (Å²) in [4.78, 5) is 10.3. The molecule has 1 unspecified atom stereocenters. The Bertz CT molecular complexity index is 247. The van der Waals surface area contributed by atoms with Crippen LogP contribution in [0.3, 0.4) is 0 Å². The van der Waals surface area contributed by atoms with E-state index in [-0.39, 0.29) is 12.1 Å². The number of hydrogen-bond acceptors (Lipinski definition) is 2. The van der Waals surface area contributed by atoms with Crippen molar-refractivity contribution in [3.05, 3.63) is 23.9 Å². The van der Waals surface area contributed by atoms with Gasteiger partial charge in [-0.25, -0.2) is 9.18 Å². The van der Waals surface area contributed by atoms with Gasteiger partial charge in [-0.1, -0.05) is 6.08 Å². The first-order valence-electron chi connectivity index (χ1n) is 3.11. The van der Waals surface area contributed by atoms with Crippen molar-refractivity contribution in [1.29, 1.82) is 0 Å². The normalized spacial score (nSPS) is 29.7. The zero-order valence-electron chi connectivity index (χ0n) is 5.75. The topological polar surface area (TPSA) is 63.3 Å². The largest absolute Gasteiger partial charge is 0.479 e. The molecule has 0 saturated carbocycles. The number of carboxylic acids is 1. The highest BCUT2D eigenvalue weighted by molar-refractivity contribution is 5.80. The molecule has 0 saturated heterocycles. The molecule has 3 nitrogen and oxygen atoms in total. The van der Waals surface area contributed by atoms with Crippen LogP contribution in [-0.4, -0.2) is 16.7 Å². The summed E-state index contributed by atoms with van der Waals surface area (Å²) in [5, 5.41) is 8.41. The van der Waals surface area contributed by atoms with Gasteiger partial charge in [-0.2, -0.15) is 0 Å². The Morgan fingerprint density at radius 1 is 1.82 bits per heavy atom. The number of allylic oxidation sites excluding steroid dienone is 3. The first-order chi connectivity index (χ1) is 5.04. The zero-order chi connectivity index (χ0) is 8.48. The lowest BCUT2D eigenvalue weighted by Gasteiger charge is -2.18. The van der Waals surface area contributed by atoms with Crippen LogP contribution < -0.4 is 5.73 Å². The van der Waals surface area contributed by atoms with Crippen LogP contribution in [0, 0.1) is 0 Å². The van der Waals surface area contributed by atoms with Crippen molar-refractivity contribution in [1.82, 2.24) is 0 Å². The van der Waals surface area contributed by atoms with Gasteiger partial charge in [0.1, 0.15) is 0 Å². The van der Waals surface area contributed by atoms with E-state index < -0.39 is 11.6 Å². The Kier molecular flexibility index (Phi) is 1.68. The highest BCUT2D eigenvalue weighted by Crippen LogP contribution is 2.24. The molecule has 1 aliphatic carbocycles. The lowest BCUT2D eigenvalue weighted by molar-refractivity contribution is -0.147. The van der Waals surface area contributed by atoms with Gasteiger partial charge < -0.3 is 10.8 Å². The van der Waals surface area contributed by atoms with E-state index in [1.807, 2.05) is 0 Å². The van der Waals surface area contributed by atoms with E-state index in [9.17, 15) is 9.18 Å². The summed E-state index contributed by atoms with van der Waals surface area (Å²) >= 11 is 0. The van der Waals surface area contributed by atoms with Crippen LogP contribution in [0.2, 0.25) is 0 Å². The number of carboxylic acid groups (broad SMARTS) is 1. The average molecular weight is 157 g/mol. The molecule has 0 radical (unpaired) electrons. The third kappa shape index (κ3) is 1.39.